The minimum atomic E-state index is -4.89. The summed E-state index contributed by atoms with van der Waals surface area (Å²) < 4.78 is 80.8. The van der Waals surface area contributed by atoms with Crippen LogP contribution in [0.4, 0.5) is 26.3 Å². The quantitative estimate of drug-likeness (QED) is 0.255. The number of hydrogen-bond donors (Lipinski definition) is 2. The topological polar surface area (TPSA) is 64.9 Å². The van der Waals surface area contributed by atoms with Crippen LogP contribution in [0.15, 0.2) is 53.4 Å². The Kier molecular flexibility index (Phi) is 9.41. The molecule has 2 rings (SSSR count). The Morgan fingerprint density at radius 2 is 1.50 bits per heavy atom. The molecule has 1 amide bonds. The molecule has 0 aliphatic heterocycles. The van der Waals surface area contributed by atoms with Gasteiger partial charge in [0.15, 0.2) is 0 Å². The molecule has 184 valence electrons. The summed E-state index contributed by atoms with van der Waals surface area (Å²) in [5.41, 5.74) is 1.19. The van der Waals surface area contributed by atoms with Gasteiger partial charge in [0.1, 0.15) is 12.6 Å². The van der Waals surface area contributed by atoms with Crippen molar-refractivity contribution in [2.75, 3.05) is 12.8 Å². The van der Waals surface area contributed by atoms with Crippen LogP contribution in [0.2, 0.25) is 0 Å². The normalized spacial score (nSPS) is 14.7. The second-order valence-corrected chi connectivity index (χ2v) is 8.48. The molecule has 0 saturated heterocycles. The Labute approximate surface area is 197 Å². The second kappa shape index (κ2) is 11.6. The molecule has 0 spiro atoms. The predicted octanol–water partition coefficient (Wildman–Crippen LogP) is 5.87. The van der Waals surface area contributed by atoms with Crippen molar-refractivity contribution < 1.29 is 31.1 Å². The van der Waals surface area contributed by atoms with E-state index in [4.69, 9.17) is 5.26 Å². The van der Waals surface area contributed by atoms with Crippen molar-refractivity contribution in [3.05, 3.63) is 54.1 Å². The van der Waals surface area contributed by atoms with Crippen LogP contribution < -0.4 is 10.6 Å². The van der Waals surface area contributed by atoms with E-state index in [0.717, 1.165) is 17.4 Å². The summed E-state index contributed by atoms with van der Waals surface area (Å²) in [4.78, 5) is 13.3. The van der Waals surface area contributed by atoms with Crippen molar-refractivity contribution in [2.45, 2.75) is 42.7 Å². The number of thioether (sulfide) groups is 1. The van der Waals surface area contributed by atoms with Gasteiger partial charge in [-0.15, -0.1) is 11.8 Å². The van der Waals surface area contributed by atoms with Crippen molar-refractivity contribution in [2.24, 2.45) is 5.92 Å². The van der Waals surface area contributed by atoms with Crippen molar-refractivity contribution in [1.29, 1.82) is 5.26 Å². The number of benzene rings is 2. The number of alkyl halides is 6. The Balaban J connectivity index is 2.32. The number of nitrogens with zero attached hydrogens (tertiary/aromatic N) is 1. The molecular weight excluding hydrogens is 480 g/mol. The third-order valence-corrected chi connectivity index (χ3v) is 5.91. The number of carbonyl (C=O) groups is 1. The predicted molar refractivity (Wildman–Crippen MR) is 118 cm³/mol. The average Bonchev–Trinajstić information content (AvgIpc) is 2.78. The highest BCUT2D eigenvalue weighted by Gasteiger charge is 2.45. The number of carbonyl (C=O) groups excluding carboxylic acids is 1. The summed E-state index contributed by atoms with van der Waals surface area (Å²) in [6.07, 6.45) is -8.60. The summed E-state index contributed by atoms with van der Waals surface area (Å²) in [6, 6.07) is 10.2. The standard InChI is InChI=1S/C23H23F6N3OS/c1-14(22(24,25)26)13-19(21(33)31-12-11-30)32-20(23(27,28)29)17-5-3-15(4-6-17)16-7-9-18(34-2)10-8-16/h3-10,14,19-20,32H,12-13H2,1-2H3,(H,31,33)/t14-,19?,20-/m0/s1. The molecule has 0 bridgehead atoms. The zero-order valence-electron chi connectivity index (χ0n) is 18.3. The van der Waals surface area contributed by atoms with Gasteiger partial charge in [-0.3, -0.25) is 10.1 Å². The van der Waals surface area contributed by atoms with Gasteiger partial charge in [0.05, 0.1) is 18.0 Å². The van der Waals surface area contributed by atoms with E-state index < -0.39 is 49.2 Å². The average molecular weight is 504 g/mol. The summed E-state index contributed by atoms with van der Waals surface area (Å²) in [5.74, 6) is -3.16. The van der Waals surface area contributed by atoms with Crippen LogP contribution in [0.25, 0.3) is 11.1 Å². The fourth-order valence-electron chi connectivity index (χ4n) is 3.22. The van der Waals surface area contributed by atoms with E-state index in [0.29, 0.717) is 5.56 Å². The highest BCUT2D eigenvalue weighted by Crippen LogP contribution is 2.36. The fourth-order valence-corrected chi connectivity index (χ4v) is 3.63. The monoisotopic (exact) mass is 503 g/mol. The summed E-state index contributed by atoms with van der Waals surface area (Å²) in [5, 5.41) is 12.7. The van der Waals surface area contributed by atoms with E-state index in [1.165, 1.54) is 24.3 Å². The SMILES string of the molecule is CSc1ccc(-c2ccc([C@H](NC(C[C@H](C)C(F)(F)F)C(=O)NCC#N)C(F)(F)F)cc2)cc1. The first-order valence-electron chi connectivity index (χ1n) is 10.1. The van der Waals surface area contributed by atoms with E-state index >= 15 is 0 Å². The lowest BCUT2D eigenvalue weighted by Gasteiger charge is -2.29. The number of nitriles is 1. The summed E-state index contributed by atoms with van der Waals surface area (Å²) in [7, 11) is 0. The van der Waals surface area contributed by atoms with E-state index in [9.17, 15) is 31.1 Å². The zero-order chi connectivity index (χ0) is 25.5. The molecule has 0 aliphatic rings. The number of halogens is 6. The Bertz CT molecular complexity index is 984. The molecule has 0 heterocycles. The molecule has 0 aliphatic carbocycles. The Morgan fingerprint density at radius 3 is 1.94 bits per heavy atom. The van der Waals surface area contributed by atoms with Gasteiger partial charge in [-0.2, -0.15) is 31.6 Å². The molecule has 2 aromatic rings. The molecule has 0 aromatic heterocycles. The molecule has 0 saturated carbocycles. The molecule has 4 nitrogen and oxygen atoms in total. The Hall–Kier alpha value is -2.71. The van der Waals surface area contributed by atoms with Crippen molar-refractivity contribution in [1.82, 2.24) is 10.6 Å². The second-order valence-electron chi connectivity index (χ2n) is 7.60. The van der Waals surface area contributed by atoms with Crippen LogP contribution in [0, 0.1) is 17.2 Å². The van der Waals surface area contributed by atoms with Crippen LogP contribution in [0.3, 0.4) is 0 Å². The van der Waals surface area contributed by atoms with E-state index in [2.05, 4.69) is 0 Å². The third kappa shape index (κ3) is 7.67. The molecule has 3 atom stereocenters. The number of rotatable bonds is 9. The number of amides is 1. The lowest BCUT2D eigenvalue weighted by atomic mass is 9.96. The zero-order valence-corrected chi connectivity index (χ0v) is 19.1. The highest BCUT2D eigenvalue weighted by molar-refractivity contribution is 7.98. The largest absolute Gasteiger partial charge is 0.407 e. The molecule has 11 heteroatoms. The van der Waals surface area contributed by atoms with Crippen LogP contribution in [-0.2, 0) is 4.79 Å². The van der Waals surface area contributed by atoms with E-state index in [-0.39, 0.29) is 5.56 Å². The number of hydrogen-bond acceptors (Lipinski definition) is 4. The summed E-state index contributed by atoms with van der Waals surface area (Å²) in [6.45, 7) is 0.240. The number of nitrogens with one attached hydrogen (secondary N) is 2. The van der Waals surface area contributed by atoms with Crippen LogP contribution in [0.5, 0.6) is 0 Å². The van der Waals surface area contributed by atoms with Gasteiger partial charge < -0.3 is 5.32 Å². The van der Waals surface area contributed by atoms with Crippen molar-refractivity contribution >= 4 is 17.7 Å². The molecule has 0 radical (unpaired) electrons. The molecule has 2 aromatic carbocycles. The maximum Gasteiger partial charge on any atom is 0.407 e. The van der Waals surface area contributed by atoms with Crippen molar-refractivity contribution in [3.8, 4) is 17.2 Å². The smallest absolute Gasteiger partial charge is 0.342 e. The fraction of sp³-hybridized carbons (Fsp3) is 0.391. The van der Waals surface area contributed by atoms with Gasteiger partial charge in [0, 0.05) is 4.90 Å². The van der Waals surface area contributed by atoms with Gasteiger partial charge in [-0.1, -0.05) is 43.3 Å². The third-order valence-electron chi connectivity index (χ3n) is 5.17. The minimum absolute atomic E-state index is 0.255. The maximum atomic E-state index is 13.9. The Morgan fingerprint density at radius 1 is 0.971 bits per heavy atom. The van der Waals surface area contributed by atoms with Crippen LogP contribution in [-0.4, -0.2) is 37.1 Å². The van der Waals surface area contributed by atoms with Gasteiger partial charge >= 0.3 is 12.4 Å². The first kappa shape index (κ1) is 27.5. The van der Waals surface area contributed by atoms with Crippen LogP contribution in [0.1, 0.15) is 24.9 Å². The van der Waals surface area contributed by atoms with E-state index in [1.807, 2.05) is 41.2 Å². The molecule has 2 N–H and O–H groups in total. The van der Waals surface area contributed by atoms with Gasteiger partial charge in [-0.25, -0.2) is 0 Å². The lowest BCUT2D eigenvalue weighted by molar-refractivity contribution is -0.177. The highest BCUT2D eigenvalue weighted by atomic mass is 32.2. The lowest BCUT2D eigenvalue weighted by Crippen LogP contribution is -2.50. The minimum Gasteiger partial charge on any atom is -0.342 e. The molecule has 0 fully saturated rings. The first-order chi connectivity index (χ1) is 15.9. The van der Waals surface area contributed by atoms with Crippen LogP contribution >= 0.6 is 11.8 Å². The molecule has 1 unspecified atom stereocenters. The molecule has 34 heavy (non-hydrogen) atoms. The maximum absolute atomic E-state index is 13.9. The first-order valence-corrected chi connectivity index (χ1v) is 11.4. The van der Waals surface area contributed by atoms with E-state index in [1.54, 1.807) is 17.8 Å². The van der Waals surface area contributed by atoms with Gasteiger partial charge in [-0.05, 0) is 41.5 Å². The van der Waals surface area contributed by atoms with Crippen molar-refractivity contribution in [3.63, 3.8) is 0 Å². The van der Waals surface area contributed by atoms with Gasteiger partial charge in [0.2, 0.25) is 5.91 Å². The summed E-state index contributed by atoms with van der Waals surface area (Å²) >= 11 is 1.55. The molecular formula is C23H23F6N3OS. The van der Waals surface area contributed by atoms with Gasteiger partial charge in [0.25, 0.3) is 0 Å².